The van der Waals surface area contributed by atoms with Gasteiger partial charge in [-0.2, -0.15) is 5.10 Å². The molecule has 2 heterocycles. The molecule has 0 amide bonds. The first-order valence-electron chi connectivity index (χ1n) is 10.7. The van der Waals surface area contributed by atoms with Gasteiger partial charge in [-0.1, -0.05) is 84.9 Å². The van der Waals surface area contributed by atoms with E-state index >= 15 is 0 Å². The van der Waals surface area contributed by atoms with E-state index in [9.17, 15) is 0 Å². The molecule has 4 nitrogen and oxygen atoms in total. The summed E-state index contributed by atoms with van der Waals surface area (Å²) in [5.74, 6) is 1.02. The summed E-state index contributed by atoms with van der Waals surface area (Å²) in [6, 6.07) is 29.8. The molecule has 30 heavy (non-hydrogen) atoms. The Morgan fingerprint density at radius 2 is 1.20 bits per heavy atom. The van der Waals surface area contributed by atoms with Gasteiger partial charge in [-0.15, -0.1) is 5.10 Å². The van der Waals surface area contributed by atoms with Gasteiger partial charge < -0.3 is 4.90 Å². The van der Waals surface area contributed by atoms with Gasteiger partial charge in [-0.05, 0) is 11.1 Å². The number of aromatic nitrogens is 2. The molecule has 0 aliphatic carbocycles. The van der Waals surface area contributed by atoms with Crippen molar-refractivity contribution in [3.8, 4) is 0 Å². The highest BCUT2D eigenvalue weighted by atomic mass is 15.3. The summed E-state index contributed by atoms with van der Waals surface area (Å²) >= 11 is 0. The third-order valence-electron chi connectivity index (χ3n) is 5.88. The zero-order chi connectivity index (χ0) is 20.2. The van der Waals surface area contributed by atoms with E-state index in [1.54, 1.807) is 0 Å². The van der Waals surface area contributed by atoms with Crippen molar-refractivity contribution >= 4 is 16.6 Å². The van der Waals surface area contributed by atoms with E-state index in [0.717, 1.165) is 50.7 Å². The van der Waals surface area contributed by atoms with Crippen LogP contribution in [0.1, 0.15) is 16.8 Å². The van der Waals surface area contributed by atoms with Crippen LogP contribution in [-0.4, -0.2) is 41.3 Å². The second-order valence-corrected chi connectivity index (χ2v) is 7.93. The zero-order valence-corrected chi connectivity index (χ0v) is 17.1. The highest BCUT2D eigenvalue weighted by molar-refractivity contribution is 5.93. The fourth-order valence-electron chi connectivity index (χ4n) is 4.26. The van der Waals surface area contributed by atoms with Gasteiger partial charge in [0.05, 0.1) is 5.69 Å². The molecule has 0 radical (unpaired) electrons. The summed E-state index contributed by atoms with van der Waals surface area (Å²) in [4.78, 5) is 4.91. The molecule has 1 saturated heterocycles. The molecule has 0 saturated carbocycles. The summed E-state index contributed by atoms with van der Waals surface area (Å²) in [6.07, 6.45) is 0.805. The van der Waals surface area contributed by atoms with Gasteiger partial charge in [0.25, 0.3) is 0 Å². The van der Waals surface area contributed by atoms with Crippen LogP contribution in [0.2, 0.25) is 0 Å². The number of hydrogen-bond acceptors (Lipinski definition) is 4. The number of benzene rings is 3. The highest BCUT2D eigenvalue weighted by Gasteiger charge is 2.21. The molecule has 150 valence electrons. The normalized spacial score (nSPS) is 14.9. The van der Waals surface area contributed by atoms with Crippen molar-refractivity contribution in [2.75, 3.05) is 31.1 Å². The van der Waals surface area contributed by atoms with Gasteiger partial charge in [-0.25, -0.2) is 0 Å². The Bertz CT molecular complexity index is 1100. The Kier molecular flexibility index (Phi) is 5.40. The summed E-state index contributed by atoms with van der Waals surface area (Å²) in [6.45, 7) is 5.04. The Balaban J connectivity index is 1.35. The van der Waals surface area contributed by atoms with Crippen LogP contribution in [-0.2, 0) is 13.0 Å². The number of anilines is 1. The second kappa shape index (κ2) is 8.64. The summed E-state index contributed by atoms with van der Waals surface area (Å²) < 4.78 is 0. The van der Waals surface area contributed by atoms with Crippen molar-refractivity contribution in [3.63, 3.8) is 0 Å². The molecule has 5 rings (SSSR count). The first-order valence-corrected chi connectivity index (χ1v) is 10.7. The van der Waals surface area contributed by atoms with Gasteiger partial charge in [-0.3, -0.25) is 4.90 Å². The largest absolute Gasteiger partial charge is 0.352 e. The van der Waals surface area contributed by atoms with Crippen molar-refractivity contribution in [2.45, 2.75) is 13.0 Å². The Hall–Kier alpha value is -3.24. The van der Waals surface area contributed by atoms with Crippen molar-refractivity contribution < 1.29 is 0 Å². The Morgan fingerprint density at radius 3 is 1.90 bits per heavy atom. The van der Waals surface area contributed by atoms with E-state index < -0.39 is 0 Å². The molecular formula is C26H26N4. The van der Waals surface area contributed by atoms with E-state index in [-0.39, 0.29) is 0 Å². The molecule has 0 spiro atoms. The lowest BCUT2D eigenvalue weighted by molar-refractivity contribution is 0.249. The maximum atomic E-state index is 4.69. The molecule has 3 aromatic carbocycles. The van der Waals surface area contributed by atoms with Crippen LogP contribution in [0.15, 0.2) is 84.9 Å². The lowest BCUT2D eigenvalue weighted by Crippen LogP contribution is -2.46. The molecule has 1 fully saturated rings. The van der Waals surface area contributed by atoms with Gasteiger partial charge in [0.15, 0.2) is 5.82 Å². The second-order valence-electron chi connectivity index (χ2n) is 7.93. The van der Waals surface area contributed by atoms with Gasteiger partial charge in [0.1, 0.15) is 0 Å². The van der Waals surface area contributed by atoms with Gasteiger partial charge >= 0.3 is 0 Å². The summed E-state index contributed by atoms with van der Waals surface area (Å²) in [5.41, 5.74) is 3.68. The van der Waals surface area contributed by atoms with Crippen LogP contribution in [0, 0.1) is 0 Å². The van der Waals surface area contributed by atoms with Crippen molar-refractivity contribution in [3.05, 3.63) is 102 Å². The van der Waals surface area contributed by atoms with Crippen LogP contribution in [0.3, 0.4) is 0 Å². The minimum atomic E-state index is 0.805. The third kappa shape index (κ3) is 4.05. The topological polar surface area (TPSA) is 32.3 Å². The first-order chi connectivity index (χ1) is 14.9. The first kappa shape index (κ1) is 18.8. The lowest BCUT2D eigenvalue weighted by atomic mass is 10.0. The Morgan fingerprint density at radius 1 is 0.600 bits per heavy atom. The molecule has 0 atom stereocenters. The number of fused-ring (bicyclic) bond motifs is 1. The quantitative estimate of drug-likeness (QED) is 0.497. The average molecular weight is 395 g/mol. The molecular weight excluding hydrogens is 368 g/mol. The number of piperazine rings is 1. The minimum absolute atomic E-state index is 0.805. The maximum Gasteiger partial charge on any atom is 0.159 e. The molecule has 1 aliphatic heterocycles. The minimum Gasteiger partial charge on any atom is -0.352 e. The van der Waals surface area contributed by atoms with Crippen LogP contribution in [0.25, 0.3) is 10.8 Å². The summed E-state index contributed by atoms with van der Waals surface area (Å²) in [7, 11) is 0. The van der Waals surface area contributed by atoms with E-state index in [2.05, 4.69) is 93.8 Å². The Labute approximate surface area is 177 Å². The molecule has 4 aromatic rings. The predicted octanol–water partition coefficient (Wildman–Crippen LogP) is 4.54. The van der Waals surface area contributed by atoms with Crippen LogP contribution < -0.4 is 4.90 Å². The number of rotatable bonds is 5. The molecule has 1 aliphatic rings. The van der Waals surface area contributed by atoms with E-state index in [1.165, 1.54) is 21.9 Å². The van der Waals surface area contributed by atoms with E-state index in [0.29, 0.717) is 0 Å². The van der Waals surface area contributed by atoms with Crippen molar-refractivity contribution in [1.82, 2.24) is 15.1 Å². The SMILES string of the molecule is c1ccc(Cc2nnc(N3CCN(Cc4ccccc4)CC3)c3ccccc23)cc1. The standard InChI is InChI=1S/C26H26N4/c1-3-9-21(10-4-1)19-25-23-13-7-8-14-24(23)26(28-27-25)30-17-15-29(16-18-30)20-22-11-5-2-6-12-22/h1-14H,15-20H2. The average Bonchev–Trinajstić information content (AvgIpc) is 2.81. The van der Waals surface area contributed by atoms with Gasteiger partial charge in [0, 0.05) is 49.9 Å². The zero-order valence-electron chi connectivity index (χ0n) is 17.1. The van der Waals surface area contributed by atoms with Crippen LogP contribution in [0.4, 0.5) is 5.82 Å². The summed E-state index contributed by atoms with van der Waals surface area (Å²) in [5, 5.41) is 11.8. The predicted molar refractivity (Wildman–Crippen MR) is 123 cm³/mol. The molecule has 0 bridgehead atoms. The van der Waals surface area contributed by atoms with E-state index in [4.69, 9.17) is 5.10 Å². The highest BCUT2D eigenvalue weighted by Crippen LogP contribution is 2.28. The van der Waals surface area contributed by atoms with Crippen LogP contribution >= 0.6 is 0 Å². The van der Waals surface area contributed by atoms with Gasteiger partial charge in [0.2, 0.25) is 0 Å². The fraction of sp³-hybridized carbons (Fsp3) is 0.231. The fourth-order valence-corrected chi connectivity index (χ4v) is 4.26. The van der Waals surface area contributed by atoms with Crippen molar-refractivity contribution in [1.29, 1.82) is 0 Å². The molecule has 0 N–H and O–H groups in total. The van der Waals surface area contributed by atoms with E-state index in [1.807, 2.05) is 6.07 Å². The smallest absolute Gasteiger partial charge is 0.159 e. The maximum absolute atomic E-state index is 4.69. The molecule has 1 aromatic heterocycles. The molecule has 4 heteroatoms. The monoisotopic (exact) mass is 394 g/mol. The molecule has 0 unspecified atom stereocenters. The third-order valence-corrected chi connectivity index (χ3v) is 5.88. The number of hydrogen-bond donors (Lipinski definition) is 0. The lowest BCUT2D eigenvalue weighted by Gasteiger charge is -2.35. The van der Waals surface area contributed by atoms with Crippen molar-refractivity contribution in [2.24, 2.45) is 0 Å². The number of nitrogens with zero attached hydrogens (tertiary/aromatic N) is 4. The van der Waals surface area contributed by atoms with Crippen LogP contribution in [0.5, 0.6) is 0 Å².